The van der Waals surface area contributed by atoms with Crippen molar-refractivity contribution in [2.45, 2.75) is 136 Å². The Hall–Kier alpha value is -9.94. The van der Waals surface area contributed by atoms with Crippen molar-refractivity contribution in [3.05, 3.63) is 200 Å². The van der Waals surface area contributed by atoms with Crippen LogP contribution in [-0.4, -0.2) is 77.4 Å². The molecule has 464 valence electrons. The van der Waals surface area contributed by atoms with Crippen LogP contribution < -0.4 is 11.1 Å². The highest BCUT2D eigenvalue weighted by atomic mass is 28.3. The molecule has 0 spiro atoms. The molecule has 0 radical (unpaired) electrons. The van der Waals surface area contributed by atoms with Gasteiger partial charge in [0.2, 0.25) is 12.0 Å². The highest BCUT2D eigenvalue weighted by Gasteiger charge is 2.29. The molecular weight excluding hydrogens is 1170 g/mol. The van der Waals surface area contributed by atoms with Crippen LogP contribution in [0.2, 0.25) is 19.6 Å². The number of rotatable bonds is 15. The number of aromatic nitrogens is 6. The molecule has 0 saturated carbocycles. The van der Waals surface area contributed by atoms with Crippen LogP contribution in [0.5, 0.6) is 0 Å². The fourth-order valence-corrected chi connectivity index (χ4v) is 10.1. The van der Waals surface area contributed by atoms with Gasteiger partial charge >= 0.3 is 11.9 Å². The summed E-state index contributed by atoms with van der Waals surface area (Å²) in [6.45, 7) is 17.5. The van der Waals surface area contributed by atoms with Crippen molar-refractivity contribution in [1.82, 2.24) is 29.1 Å². The van der Waals surface area contributed by atoms with Gasteiger partial charge in [0.15, 0.2) is 11.2 Å². The number of fused-ring (bicyclic) bond motifs is 4. The first-order valence-corrected chi connectivity index (χ1v) is 33.1. The van der Waals surface area contributed by atoms with Crippen LogP contribution in [0.25, 0.3) is 55.4 Å². The summed E-state index contributed by atoms with van der Waals surface area (Å²) in [5.41, 5.74) is 8.78. The molecule has 90 heavy (non-hydrogen) atoms. The number of hydrogen-bond acceptors (Lipinski definition) is 16. The van der Waals surface area contributed by atoms with Crippen molar-refractivity contribution in [3.8, 4) is 22.8 Å². The van der Waals surface area contributed by atoms with Crippen molar-refractivity contribution >= 4 is 75.9 Å². The minimum atomic E-state index is -1.35. The van der Waals surface area contributed by atoms with Gasteiger partial charge in [-0.05, 0) is 176 Å². The summed E-state index contributed by atoms with van der Waals surface area (Å²) in [6.07, 6.45) is 4.98. The standard InChI is InChI=1S/C33H31FN4O5.C24H26FN3O4.C12H13NOSi/c1-33(2,3)42-30(39)11-7-6-10-29-35-26-18-20(12-17-23(26)32(40)38(29)22-15-13-21(34)14-16-22)25-19-28(43-37-25)31-36-24-8-4-5-9-27(24)41-31;1-24(2,3)32-22(29)7-5-4-6-21-27-20-14-16(15-26-31)8-13-19(20)23(30)28(21)18-11-9-17(25)10-12-18;1-15(2,3)9-8-12-13-10-6-4-5-7-11(10)14-12/h4-5,8-9,12-18,28H,6-7,10-11,19H2,1-3H3;8-15,31H,4-7H2,1-3H3;4-7H,1-3H3/b;26-15+;. The molecule has 0 fully saturated rings. The van der Waals surface area contributed by atoms with E-state index in [0.717, 1.165) is 22.2 Å². The van der Waals surface area contributed by atoms with Crippen LogP contribution in [0.15, 0.2) is 162 Å². The molecule has 1 atom stereocenters. The Morgan fingerprint density at radius 2 is 1.14 bits per heavy atom. The molecule has 11 rings (SSSR count). The summed E-state index contributed by atoms with van der Waals surface area (Å²) < 4.78 is 52.2. The normalized spacial score (nSPS) is 13.3. The molecule has 6 aromatic carbocycles. The number of carbonyl (C=O) groups is 2. The van der Waals surface area contributed by atoms with E-state index >= 15 is 0 Å². The SMILES string of the molecule is CC(C)(C)OC(=O)CCCCc1nc2cc(/C=N/O)ccc2c(=O)n1-c1ccc(F)cc1.CC(C)(C)OC(=O)CCCCc1nc2cc(C3=NOC(c4nc5ccccc5o4)C3)ccc2c(=O)n1-c1ccc(F)cc1.C[Si](C)(C)C#Cc1nc2ccccc2o1. The maximum absolute atomic E-state index is 13.8. The number of ether oxygens (including phenoxy) is 2. The molecule has 1 aliphatic rings. The number of esters is 2. The molecule has 1 aliphatic heterocycles. The minimum Gasteiger partial charge on any atom is -0.460 e. The third-order valence-corrected chi connectivity index (χ3v) is 14.5. The molecule has 0 amide bonds. The number of aryl methyl sites for hydroxylation is 2. The largest absolute Gasteiger partial charge is 0.460 e. The molecule has 0 bridgehead atoms. The molecule has 18 nitrogen and oxygen atoms in total. The number of benzene rings is 6. The van der Waals surface area contributed by atoms with Gasteiger partial charge in [-0.2, -0.15) is 0 Å². The van der Waals surface area contributed by atoms with Gasteiger partial charge in [0.1, 0.15) is 53.6 Å². The number of carbonyl (C=O) groups excluding carboxylic acids is 2. The van der Waals surface area contributed by atoms with Gasteiger partial charge in [-0.1, -0.05) is 66.4 Å². The lowest BCUT2D eigenvalue weighted by Crippen LogP contribution is -2.24. The zero-order valence-electron chi connectivity index (χ0n) is 51.7. The van der Waals surface area contributed by atoms with Gasteiger partial charge in [-0.15, -0.1) is 5.54 Å². The third kappa shape index (κ3) is 17.2. The summed E-state index contributed by atoms with van der Waals surface area (Å²) in [5.74, 6) is 3.66. The van der Waals surface area contributed by atoms with E-state index in [1.54, 1.807) is 36.4 Å². The van der Waals surface area contributed by atoms with Crippen molar-refractivity contribution in [1.29, 1.82) is 0 Å². The van der Waals surface area contributed by atoms with Crippen molar-refractivity contribution in [3.63, 3.8) is 0 Å². The highest BCUT2D eigenvalue weighted by molar-refractivity contribution is 6.83. The van der Waals surface area contributed by atoms with Gasteiger partial charge in [-0.3, -0.25) is 28.3 Å². The number of para-hydroxylation sites is 4. The Bertz CT molecular complexity index is 4420. The number of oxime groups is 2. The quantitative estimate of drug-likeness (QED) is 0.0191. The summed E-state index contributed by atoms with van der Waals surface area (Å²) in [5, 5.41) is 16.9. The van der Waals surface area contributed by atoms with Crippen molar-refractivity contribution < 1.29 is 46.7 Å². The smallest absolute Gasteiger partial charge is 0.306 e. The van der Waals surface area contributed by atoms with E-state index in [-0.39, 0.29) is 35.9 Å². The van der Waals surface area contributed by atoms with Crippen LogP contribution >= 0.6 is 0 Å². The zero-order valence-corrected chi connectivity index (χ0v) is 52.7. The Morgan fingerprint density at radius 1 is 0.644 bits per heavy atom. The Morgan fingerprint density at radius 3 is 1.64 bits per heavy atom. The minimum absolute atomic E-state index is 0.261. The van der Waals surface area contributed by atoms with Gasteiger partial charge in [0, 0.05) is 37.7 Å². The average Bonchev–Trinajstić information content (AvgIpc) is 1.43. The Labute approximate surface area is 519 Å². The van der Waals surface area contributed by atoms with Crippen molar-refractivity contribution in [2.75, 3.05) is 0 Å². The van der Waals surface area contributed by atoms with Crippen LogP contribution in [0.4, 0.5) is 8.78 Å². The van der Waals surface area contributed by atoms with Gasteiger partial charge in [0.05, 0.1) is 45.1 Å². The highest BCUT2D eigenvalue weighted by Crippen LogP contribution is 2.32. The second-order valence-corrected chi connectivity index (χ2v) is 29.2. The predicted octanol–water partition coefficient (Wildman–Crippen LogP) is 14.0. The number of unbranched alkanes of at least 4 members (excludes halogenated alkanes) is 2. The lowest BCUT2D eigenvalue weighted by atomic mass is 10.0. The summed E-state index contributed by atoms with van der Waals surface area (Å²) in [6, 6.07) is 36.9. The molecule has 21 heteroatoms. The lowest BCUT2D eigenvalue weighted by molar-refractivity contribution is -0.156. The van der Waals surface area contributed by atoms with Crippen LogP contribution in [0.1, 0.15) is 127 Å². The fraction of sp³-hybridized carbons (Fsp3) is 0.304. The maximum Gasteiger partial charge on any atom is 0.306 e. The van der Waals surface area contributed by atoms with Crippen LogP contribution in [0.3, 0.4) is 0 Å². The summed E-state index contributed by atoms with van der Waals surface area (Å²) >= 11 is 0. The molecule has 5 heterocycles. The fourth-order valence-electron chi connectivity index (χ4n) is 9.62. The molecule has 1 N–H and O–H groups in total. The molecule has 10 aromatic rings. The van der Waals surface area contributed by atoms with E-state index < -0.39 is 37.0 Å². The monoisotopic (exact) mass is 1240 g/mol. The Balaban J connectivity index is 0.000000178. The average molecular weight is 1240 g/mol. The van der Waals surface area contributed by atoms with E-state index in [9.17, 15) is 28.0 Å². The summed E-state index contributed by atoms with van der Waals surface area (Å²) in [7, 11) is -1.35. The first kappa shape index (κ1) is 64.5. The molecule has 4 aromatic heterocycles. The first-order chi connectivity index (χ1) is 42.9. The molecule has 0 aliphatic carbocycles. The summed E-state index contributed by atoms with van der Waals surface area (Å²) in [4.78, 5) is 75.2. The van der Waals surface area contributed by atoms with Gasteiger partial charge in [0.25, 0.3) is 17.0 Å². The Kier molecular flexibility index (Phi) is 20.1. The van der Waals surface area contributed by atoms with E-state index in [1.165, 1.54) is 51.7 Å². The van der Waals surface area contributed by atoms with Crippen LogP contribution in [-0.2, 0) is 36.7 Å². The number of nitrogens with zero attached hydrogens (tertiary/aromatic N) is 8. The molecular formula is C69H70F2N8O10Si. The van der Waals surface area contributed by atoms with Gasteiger partial charge in [-0.25, -0.2) is 28.7 Å². The van der Waals surface area contributed by atoms with E-state index in [2.05, 4.69) is 56.4 Å². The van der Waals surface area contributed by atoms with Crippen LogP contribution in [0, 0.1) is 23.1 Å². The second kappa shape index (κ2) is 28.0. The number of oxazole rings is 2. The van der Waals surface area contributed by atoms with Crippen molar-refractivity contribution in [2.24, 2.45) is 10.3 Å². The number of halogens is 2. The van der Waals surface area contributed by atoms with Gasteiger partial charge < -0.3 is 28.4 Å². The van der Waals surface area contributed by atoms with E-state index in [4.69, 9.17) is 33.3 Å². The lowest BCUT2D eigenvalue weighted by Gasteiger charge is -2.19. The third-order valence-electron chi connectivity index (χ3n) is 13.6. The van der Waals surface area contributed by atoms with E-state index in [1.807, 2.05) is 102 Å². The number of hydrogen-bond donors (Lipinski definition) is 1. The molecule has 1 unspecified atom stereocenters. The first-order valence-electron chi connectivity index (χ1n) is 29.6. The topological polar surface area (TPSA) is 229 Å². The predicted molar refractivity (Wildman–Crippen MR) is 344 cm³/mol. The molecule has 0 saturated heterocycles. The zero-order chi connectivity index (χ0) is 64.3. The maximum atomic E-state index is 13.8. The second-order valence-electron chi connectivity index (χ2n) is 24.5. The van der Waals surface area contributed by atoms with E-state index in [0.29, 0.717) is 118 Å².